The van der Waals surface area contributed by atoms with Crippen molar-refractivity contribution in [2.45, 2.75) is 38.8 Å². The summed E-state index contributed by atoms with van der Waals surface area (Å²) in [5.74, 6) is 0.855. The van der Waals surface area contributed by atoms with E-state index in [1.54, 1.807) is 6.26 Å². The van der Waals surface area contributed by atoms with Gasteiger partial charge in [-0.3, -0.25) is 9.48 Å². The normalized spacial score (nSPS) is 13.1. The first-order valence-corrected chi connectivity index (χ1v) is 10.1. The quantitative estimate of drug-likeness (QED) is 0.547. The third-order valence-electron chi connectivity index (χ3n) is 5.84. The summed E-state index contributed by atoms with van der Waals surface area (Å²) in [5, 5.41) is 5.81. The lowest BCUT2D eigenvalue weighted by Crippen LogP contribution is -2.31. The maximum Gasteiger partial charge on any atom is 0.227 e. The molecule has 1 N–H and O–H groups in total. The molecule has 4 aromatic rings. The zero-order valence-corrected chi connectivity index (χ0v) is 16.5. The summed E-state index contributed by atoms with van der Waals surface area (Å²) in [6.07, 6.45) is 7.21. The Bertz CT molecular complexity index is 1150. The summed E-state index contributed by atoms with van der Waals surface area (Å²) in [5.41, 5.74) is 5.70. The number of benzene rings is 1. The Balaban J connectivity index is 1.42. The summed E-state index contributed by atoms with van der Waals surface area (Å²) >= 11 is 0. The van der Waals surface area contributed by atoms with E-state index in [9.17, 15) is 4.79 Å². The van der Waals surface area contributed by atoms with Crippen molar-refractivity contribution < 1.29 is 9.21 Å². The molecule has 6 nitrogen and oxygen atoms in total. The minimum absolute atomic E-state index is 0.0727. The maximum absolute atomic E-state index is 13.3. The largest absolute Gasteiger partial charge is 0.467 e. The number of nitrogens with zero attached hydrogens (tertiary/aromatic N) is 3. The highest BCUT2D eigenvalue weighted by atomic mass is 16.3. The molecule has 0 aliphatic heterocycles. The summed E-state index contributed by atoms with van der Waals surface area (Å²) in [6.45, 7) is 0.949. The Kier molecular flexibility index (Phi) is 4.46. The number of amides is 1. The number of H-pyrrole nitrogens is 1. The number of rotatable bonds is 6. The Hall–Kier alpha value is -3.28. The number of para-hydroxylation sites is 1. The first kappa shape index (κ1) is 17.8. The van der Waals surface area contributed by atoms with Crippen molar-refractivity contribution in [3.05, 3.63) is 77.1 Å². The van der Waals surface area contributed by atoms with Gasteiger partial charge in [-0.25, -0.2) is 0 Å². The zero-order chi connectivity index (χ0) is 19.8. The smallest absolute Gasteiger partial charge is 0.227 e. The highest BCUT2D eigenvalue weighted by Gasteiger charge is 2.25. The SMILES string of the molecule is Cn1nc(CN(Cc2ccco2)C(=O)Cc2c[nH]c3ccccc23)c2c1CCC2. The van der Waals surface area contributed by atoms with Gasteiger partial charge in [-0.1, -0.05) is 18.2 Å². The number of hydrogen-bond donors (Lipinski definition) is 1. The van der Waals surface area contributed by atoms with Crippen LogP contribution < -0.4 is 0 Å². The Labute approximate surface area is 169 Å². The van der Waals surface area contributed by atoms with Crippen molar-refractivity contribution in [2.24, 2.45) is 7.05 Å². The fourth-order valence-electron chi connectivity index (χ4n) is 4.38. The van der Waals surface area contributed by atoms with Gasteiger partial charge in [0.15, 0.2) is 0 Å². The second-order valence-electron chi connectivity index (χ2n) is 7.71. The lowest BCUT2D eigenvalue weighted by molar-refractivity contribution is -0.132. The number of nitrogens with one attached hydrogen (secondary N) is 1. The van der Waals surface area contributed by atoms with Crippen molar-refractivity contribution in [3.63, 3.8) is 0 Å². The topological polar surface area (TPSA) is 67.1 Å². The molecule has 1 aromatic carbocycles. The van der Waals surface area contributed by atoms with Gasteiger partial charge < -0.3 is 14.3 Å². The van der Waals surface area contributed by atoms with E-state index < -0.39 is 0 Å². The standard InChI is InChI=1S/C23H24N4O2/c1-26-22-10-4-8-19(22)21(25-26)15-27(14-17-6-5-11-29-17)23(28)12-16-13-24-20-9-3-2-7-18(16)20/h2-3,5-7,9,11,13,24H,4,8,10,12,14-15H2,1H3. The van der Waals surface area contributed by atoms with Crippen LogP contribution in [0.3, 0.4) is 0 Å². The molecule has 0 saturated heterocycles. The first-order chi connectivity index (χ1) is 14.2. The van der Waals surface area contributed by atoms with E-state index in [-0.39, 0.29) is 5.91 Å². The minimum atomic E-state index is 0.0727. The highest BCUT2D eigenvalue weighted by Crippen LogP contribution is 2.26. The van der Waals surface area contributed by atoms with Gasteiger partial charge in [0.25, 0.3) is 0 Å². The molecule has 148 valence electrons. The van der Waals surface area contributed by atoms with E-state index in [2.05, 4.69) is 11.1 Å². The summed E-state index contributed by atoms with van der Waals surface area (Å²) in [6, 6.07) is 11.8. The number of carbonyl (C=O) groups is 1. The molecule has 0 unspecified atom stereocenters. The first-order valence-electron chi connectivity index (χ1n) is 10.1. The van der Waals surface area contributed by atoms with Gasteiger partial charge in [0.1, 0.15) is 5.76 Å². The Morgan fingerprint density at radius 3 is 2.97 bits per heavy atom. The van der Waals surface area contributed by atoms with Crippen molar-refractivity contribution in [1.82, 2.24) is 19.7 Å². The molecule has 29 heavy (non-hydrogen) atoms. The lowest BCUT2D eigenvalue weighted by atomic mass is 10.1. The van der Waals surface area contributed by atoms with E-state index in [0.717, 1.165) is 47.2 Å². The molecule has 0 radical (unpaired) electrons. The molecule has 0 bridgehead atoms. The number of aryl methyl sites for hydroxylation is 1. The van der Waals surface area contributed by atoms with Crippen LogP contribution in [-0.2, 0) is 44.2 Å². The molecule has 0 fully saturated rings. The third-order valence-corrected chi connectivity index (χ3v) is 5.84. The highest BCUT2D eigenvalue weighted by molar-refractivity contribution is 5.88. The van der Waals surface area contributed by atoms with E-state index >= 15 is 0 Å². The Morgan fingerprint density at radius 2 is 2.10 bits per heavy atom. The van der Waals surface area contributed by atoms with Crippen molar-refractivity contribution in [3.8, 4) is 0 Å². The molecule has 3 aromatic heterocycles. The number of fused-ring (bicyclic) bond motifs is 2. The van der Waals surface area contributed by atoms with E-state index in [4.69, 9.17) is 9.52 Å². The monoisotopic (exact) mass is 388 g/mol. The molecule has 1 aliphatic rings. The van der Waals surface area contributed by atoms with Crippen LogP contribution in [0, 0.1) is 0 Å². The number of aromatic amines is 1. The van der Waals surface area contributed by atoms with Gasteiger partial charge in [-0.2, -0.15) is 5.10 Å². The molecule has 0 atom stereocenters. The molecule has 6 heteroatoms. The average molecular weight is 388 g/mol. The third kappa shape index (κ3) is 3.35. The van der Waals surface area contributed by atoms with Gasteiger partial charge in [0, 0.05) is 29.8 Å². The number of aromatic nitrogens is 3. The van der Waals surface area contributed by atoms with Crippen LogP contribution >= 0.6 is 0 Å². The van der Waals surface area contributed by atoms with Gasteiger partial charge in [-0.05, 0) is 48.6 Å². The molecular formula is C23H24N4O2. The fourth-order valence-corrected chi connectivity index (χ4v) is 4.38. The van der Waals surface area contributed by atoms with Crippen LogP contribution in [-0.4, -0.2) is 25.6 Å². The number of carbonyl (C=O) groups excluding carboxylic acids is 1. The van der Waals surface area contributed by atoms with Crippen LogP contribution in [0.15, 0.2) is 53.3 Å². The minimum Gasteiger partial charge on any atom is -0.467 e. The lowest BCUT2D eigenvalue weighted by Gasteiger charge is -2.21. The molecule has 0 spiro atoms. The van der Waals surface area contributed by atoms with Crippen LogP contribution in [0.4, 0.5) is 0 Å². The van der Waals surface area contributed by atoms with E-state index in [1.807, 2.05) is 53.2 Å². The second kappa shape index (κ2) is 7.28. The fraction of sp³-hybridized carbons (Fsp3) is 0.304. The predicted molar refractivity (Wildman–Crippen MR) is 110 cm³/mol. The number of hydrogen-bond acceptors (Lipinski definition) is 3. The van der Waals surface area contributed by atoms with E-state index in [1.165, 1.54) is 11.3 Å². The van der Waals surface area contributed by atoms with Crippen LogP contribution in [0.2, 0.25) is 0 Å². The Morgan fingerprint density at radius 1 is 1.21 bits per heavy atom. The molecular weight excluding hydrogens is 364 g/mol. The molecule has 1 aliphatic carbocycles. The molecule has 5 rings (SSSR count). The van der Waals surface area contributed by atoms with Gasteiger partial charge in [0.05, 0.1) is 31.5 Å². The van der Waals surface area contributed by atoms with Crippen molar-refractivity contribution in [1.29, 1.82) is 0 Å². The molecule has 1 amide bonds. The molecule has 0 saturated carbocycles. The van der Waals surface area contributed by atoms with Crippen LogP contribution in [0.25, 0.3) is 10.9 Å². The summed E-state index contributed by atoms with van der Waals surface area (Å²) in [7, 11) is 2.00. The average Bonchev–Trinajstić information content (AvgIpc) is 3.50. The van der Waals surface area contributed by atoms with Crippen LogP contribution in [0.1, 0.15) is 34.7 Å². The van der Waals surface area contributed by atoms with E-state index in [0.29, 0.717) is 19.5 Å². The maximum atomic E-state index is 13.3. The zero-order valence-electron chi connectivity index (χ0n) is 16.5. The van der Waals surface area contributed by atoms with Crippen LogP contribution in [0.5, 0.6) is 0 Å². The summed E-state index contributed by atoms with van der Waals surface area (Å²) in [4.78, 5) is 18.5. The molecule has 3 heterocycles. The predicted octanol–water partition coefficient (Wildman–Crippen LogP) is 3.75. The second-order valence-corrected chi connectivity index (χ2v) is 7.71. The van der Waals surface area contributed by atoms with Crippen molar-refractivity contribution in [2.75, 3.05) is 0 Å². The van der Waals surface area contributed by atoms with Gasteiger partial charge in [0.2, 0.25) is 5.91 Å². The van der Waals surface area contributed by atoms with Crippen molar-refractivity contribution >= 4 is 16.8 Å². The van der Waals surface area contributed by atoms with Gasteiger partial charge in [-0.15, -0.1) is 0 Å². The van der Waals surface area contributed by atoms with Gasteiger partial charge >= 0.3 is 0 Å². The number of furan rings is 1. The summed E-state index contributed by atoms with van der Waals surface area (Å²) < 4.78 is 7.51.